The highest BCUT2D eigenvalue weighted by atomic mass is 35.5. The molecular weight excluding hydrogens is 260 g/mol. The molecule has 1 saturated carbocycles. The van der Waals surface area contributed by atoms with Crippen molar-refractivity contribution >= 4 is 24.0 Å². The highest BCUT2D eigenvalue weighted by Gasteiger charge is 2.22. The fraction of sp³-hybridized carbons (Fsp3) is 0.538. The van der Waals surface area contributed by atoms with E-state index < -0.39 is 0 Å². The maximum absolute atomic E-state index is 13.3. The van der Waals surface area contributed by atoms with E-state index in [-0.39, 0.29) is 29.3 Å². The van der Waals surface area contributed by atoms with E-state index in [1.807, 2.05) is 6.07 Å². The van der Waals surface area contributed by atoms with Gasteiger partial charge in [0.05, 0.1) is 5.02 Å². The Hall–Kier alpha value is -0.310. The third kappa shape index (κ3) is 3.57. The first-order chi connectivity index (χ1) is 7.68. The molecule has 1 atom stereocenters. The van der Waals surface area contributed by atoms with E-state index in [0.717, 1.165) is 18.4 Å². The first-order valence-electron chi connectivity index (χ1n) is 5.89. The zero-order valence-corrected chi connectivity index (χ0v) is 11.2. The molecule has 1 aromatic rings. The van der Waals surface area contributed by atoms with E-state index in [0.29, 0.717) is 5.92 Å². The predicted octanol–water partition coefficient (Wildman–Crippen LogP) is 4.48. The Morgan fingerprint density at radius 3 is 2.47 bits per heavy atom. The van der Waals surface area contributed by atoms with Gasteiger partial charge in [0.2, 0.25) is 0 Å². The van der Waals surface area contributed by atoms with Gasteiger partial charge in [-0.2, -0.15) is 0 Å². The van der Waals surface area contributed by atoms with Gasteiger partial charge in [-0.25, -0.2) is 4.39 Å². The Balaban J connectivity index is 0.00000144. The molecule has 1 aromatic carbocycles. The summed E-state index contributed by atoms with van der Waals surface area (Å²) in [6, 6.07) is 4.85. The second kappa shape index (κ2) is 6.58. The molecule has 0 spiro atoms. The first kappa shape index (κ1) is 14.7. The van der Waals surface area contributed by atoms with Crippen LogP contribution in [0.1, 0.15) is 43.7 Å². The molecule has 2 N–H and O–H groups in total. The van der Waals surface area contributed by atoms with Gasteiger partial charge < -0.3 is 5.73 Å². The summed E-state index contributed by atoms with van der Waals surface area (Å²) in [5.41, 5.74) is 7.05. The fourth-order valence-electron chi connectivity index (χ4n) is 2.49. The molecule has 0 bridgehead atoms. The molecule has 1 aliphatic rings. The number of nitrogens with two attached hydrogens (primary N) is 1. The molecule has 17 heavy (non-hydrogen) atoms. The van der Waals surface area contributed by atoms with Crippen molar-refractivity contribution in [3.63, 3.8) is 0 Å². The van der Waals surface area contributed by atoms with Crippen LogP contribution in [0.2, 0.25) is 5.02 Å². The fourth-order valence-corrected chi connectivity index (χ4v) is 2.60. The van der Waals surface area contributed by atoms with Crippen molar-refractivity contribution in [1.29, 1.82) is 0 Å². The minimum Gasteiger partial charge on any atom is -0.324 e. The van der Waals surface area contributed by atoms with Gasteiger partial charge in [0.1, 0.15) is 5.82 Å². The maximum atomic E-state index is 13.3. The zero-order valence-electron chi connectivity index (χ0n) is 9.66. The van der Waals surface area contributed by atoms with E-state index in [1.165, 1.54) is 25.3 Å². The van der Waals surface area contributed by atoms with Crippen molar-refractivity contribution in [2.75, 3.05) is 0 Å². The van der Waals surface area contributed by atoms with Crippen LogP contribution >= 0.6 is 24.0 Å². The van der Waals surface area contributed by atoms with Gasteiger partial charge in [-0.15, -0.1) is 12.4 Å². The average molecular weight is 278 g/mol. The highest BCUT2D eigenvalue weighted by Crippen LogP contribution is 2.33. The summed E-state index contributed by atoms with van der Waals surface area (Å²) in [4.78, 5) is 0. The summed E-state index contributed by atoms with van der Waals surface area (Å²) in [6.07, 6.45) is 6.11. The van der Waals surface area contributed by atoms with Crippen molar-refractivity contribution in [3.8, 4) is 0 Å². The molecule has 0 unspecified atom stereocenters. The van der Waals surface area contributed by atoms with Crippen molar-refractivity contribution in [3.05, 3.63) is 34.6 Å². The van der Waals surface area contributed by atoms with Crippen LogP contribution in [0.4, 0.5) is 4.39 Å². The van der Waals surface area contributed by atoms with Gasteiger partial charge >= 0.3 is 0 Å². The van der Waals surface area contributed by atoms with Gasteiger partial charge in [0.25, 0.3) is 0 Å². The lowest BCUT2D eigenvalue weighted by atomic mass is 9.81. The zero-order chi connectivity index (χ0) is 11.5. The minimum atomic E-state index is -0.370. The van der Waals surface area contributed by atoms with Crippen LogP contribution < -0.4 is 5.73 Å². The Morgan fingerprint density at radius 1 is 1.24 bits per heavy atom. The molecule has 0 heterocycles. The summed E-state index contributed by atoms with van der Waals surface area (Å²) in [5, 5.41) is 0.166. The lowest BCUT2D eigenvalue weighted by Gasteiger charge is -2.27. The molecule has 1 fully saturated rings. The first-order valence-corrected chi connectivity index (χ1v) is 6.27. The van der Waals surface area contributed by atoms with Crippen molar-refractivity contribution in [1.82, 2.24) is 0 Å². The topological polar surface area (TPSA) is 26.0 Å². The number of rotatable bonds is 2. The van der Waals surface area contributed by atoms with Crippen LogP contribution in [0.5, 0.6) is 0 Å². The molecule has 96 valence electrons. The number of hydrogen-bond acceptors (Lipinski definition) is 1. The SMILES string of the molecule is Cl.N[C@@H](c1ccc(Cl)c(F)c1)C1CCCCC1. The minimum absolute atomic E-state index is 0. The van der Waals surface area contributed by atoms with E-state index in [9.17, 15) is 4.39 Å². The average Bonchev–Trinajstić information content (AvgIpc) is 2.33. The second-order valence-corrected chi connectivity index (χ2v) is 5.00. The van der Waals surface area contributed by atoms with Crippen LogP contribution in [-0.4, -0.2) is 0 Å². The van der Waals surface area contributed by atoms with Crippen LogP contribution in [0.15, 0.2) is 18.2 Å². The molecule has 0 amide bonds. The van der Waals surface area contributed by atoms with Crippen molar-refractivity contribution in [2.24, 2.45) is 11.7 Å². The molecule has 1 aliphatic carbocycles. The Morgan fingerprint density at radius 2 is 1.88 bits per heavy atom. The summed E-state index contributed by atoms with van der Waals surface area (Å²) < 4.78 is 13.3. The Kier molecular flexibility index (Phi) is 5.71. The van der Waals surface area contributed by atoms with Crippen LogP contribution in [0.25, 0.3) is 0 Å². The van der Waals surface area contributed by atoms with Gasteiger partial charge in [-0.3, -0.25) is 0 Å². The van der Waals surface area contributed by atoms with E-state index in [2.05, 4.69) is 0 Å². The number of halogens is 3. The molecule has 0 aromatic heterocycles. The van der Waals surface area contributed by atoms with Crippen molar-refractivity contribution in [2.45, 2.75) is 38.1 Å². The quantitative estimate of drug-likeness (QED) is 0.848. The molecule has 1 nitrogen and oxygen atoms in total. The molecule has 0 aliphatic heterocycles. The standard InChI is InChI=1S/C13H17ClFN.ClH/c14-11-7-6-10(8-12(11)15)13(16)9-4-2-1-3-5-9;/h6-9,13H,1-5,16H2;1H/t13-;/m1./s1. The van der Waals surface area contributed by atoms with Crippen LogP contribution in [0.3, 0.4) is 0 Å². The normalized spacial score (nSPS) is 18.5. The largest absolute Gasteiger partial charge is 0.324 e. The van der Waals surface area contributed by atoms with Gasteiger partial charge in [0, 0.05) is 6.04 Å². The maximum Gasteiger partial charge on any atom is 0.142 e. The molecular formula is C13H18Cl2FN. The molecule has 0 radical (unpaired) electrons. The smallest absolute Gasteiger partial charge is 0.142 e. The highest BCUT2D eigenvalue weighted by molar-refractivity contribution is 6.30. The molecule has 0 saturated heterocycles. The molecule has 4 heteroatoms. The van der Waals surface area contributed by atoms with Gasteiger partial charge in [-0.1, -0.05) is 36.9 Å². The summed E-state index contributed by atoms with van der Waals surface area (Å²) >= 11 is 5.66. The van der Waals surface area contributed by atoms with Crippen LogP contribution in [-0.2, 0) is 0 Å². The molecule has 2 rings (SSSR count). The predicted molar refractivity (Wildman–Crippen MR) is 72.2 cm³/mol. The lowest BCUT2D eigenvalue weighted by molar-refractivity contribution is 0.308. The summed E-state index contributed by atoms with van der Waals surface area (Å²) in [6.45, 7) is 0. The number of benzene rings is 1. The Bertz CT molecular complexity index is 364. The second-order valence-electron chi connectivity index (χ2n) is 4.60. The van der Waals surface area contributed by atoms with Gasteiger partial charge in [0.15, 0.2) is 0 Å². The summed E-state index contributed by atoms with van der Waals surface area (Å²) in [7, 11) is 0. The van der Waals surface area contributed by atoms with Crippen LogP contribution in [0, 0.1) is 11.7 Å². The summed E-state index contributed by atoms with van der Waals surface area (Å²) in [5.74, 6) is 0.125. The monoisotopic (exact) mass is 277 g/mol. The van der Waals surface area contributed by atoms with E-state index in [4.69, 9.17) is 17.3 Å². The number of hydrogen-bond donors (Lipinski definition) is 1. The third-order valence-electron chi connectivity index (χ3n) is 3.49. The lowest BCUT2D eigenvalue weighted by Crippen LogP contribution is -2.23. The van der Waals surface area contributed by atoms with E-state index in [1.54, 1.807) is 6.07 Å². The van der Waals surface area contributed by atoms with Gasteiger partial charge in [-0.05, 0) is 36.5 Å². The van der Waals surface area contributed by atoms with Crippen molar-refractivity contribution < 1.29 is 4.39 Å². The Labute approximate surface area is 113 Å². The van der Waals surface area contributed by atoms with E-state index >= 15 is 0 Å². The third-order valence-corrected chi connectivity index (χ3v) is 3.79.